The quantitative estimate of drug-likeness (QED) is 0.808. The van der Waals surface area contributed by atoms with Crippen LogP contribution in [0.15, 0.2) is 24.3 Å². The van der Waals surface area contributed by atoms with Crippen molar-refractivity contribution >= 4 is 28.7 Å². The predicted molar refractivity (Wildman–Crippen MR) is 91.6 cm³/mol. The van der Waals surface area contributed by atoms with E-state index >= 15 is 0 Å². The number of anilines is 2. The second kappa shape index (κ2) is 7.48. The Hall–Kier alpha value is -1.29. The molecule has 2 rings (SSSR count). The lowest BCUT2D eigenvalue weighted by Gasteiger charge is -2.21. The average Bonchev–Trinajstić information content (AvgIpc) is 2.94. The minimum atomic E-state index is 0.560. The normalized spacial score (nSPS) is 15.1. The molecule has 1 aromatic carbocycles. The Morgan fingerprint density at radius 1 is 1.15 bits per heavy atom. The Kier molecular flexibility index (Phi) is 5.65. The highest BCUT2D eigenvalue weighted by Gasteiger charge is 2.15. The molecule has 110 valence electrons. The number of benzene rings is 1. The van der Waals surface area contributed by atoms with Crippen molar-refractivity contribution < 1.29 is 0 Å². The van der Waals surface area contributed by atoms with Crippen molar-refractivity contribution in [3.05, 3.63) is 24.3 Å². The molecule has 0 aromatic heterocycles. The second-order valence-corrected chi connectivity index (χ2v) is 5.71. The SMILES string of the molecule is CCN(CC)c1ccc(NC(=S)NC2CCCC2)cc1. The summed E-state index contributed by atoms with van der Waals surface area (Å²) >= 11 is 5.37. The summed E-state index contributed by atoms with van der Waals surface area (Å²) in [4.78, 5) is 2.33. The summed E-state index contributed by atoms with van der Waals surface area (Å²) in [6, 6.07) is 9.04. The molecule has 20 heavy (non-hydrogen) atoms. The van der Waals surface area contributed by atoms with E-state index in [9.17, 15) is 0 Å². The third-order valence-corrected chi connectivity index (χ3v) is 4.16. The molecular weight excluding hydrogens is 266 g/mol. The van der Waals surface area contributed by atoms with Gasteiger partial charge in [-0.25, -0.2) is 0 Å². The van der Waals surface area contributed by atoms with Crippen LogP contribution in [0.1, 0.15) is 39.5 Å². The van der Waals surface area contributed by atoms with Crippen LogP contribution in [0.4, 0.5) is 11.4 Å². The van der Waals surface area contributed by atoms with E-state index in [0.717, 1.165) is 23.9 Å². The van der Waals surface area contributed by atoms with Crippen LogP contribution in [0.2, 0.25) is 0 Å². The van der Waals surface area contributed by atoms with Gasteiger partial charge in [0.1, 0.15) is 0 Å². The highest BCUT2D eigenvalue weighted by molar-refractivity contribution is 7.80. The molecular formula is C16H25N3S. The fourth-order valence-electron chi connectivity index (χ4n) is 2.77. The van der Waals surface area contributed by atoms with Crippen molar-refractivity contribution in [3.63, 3.8) is 0 Å². The van der Waals surface area contributed by atoms with E-state index in [1.54, 1.807) is 0 Å². The van der Waals surface area contributed by atoms with Crippen molar-refractivity contribution in [1.82, 2.24) is 5.32 Å². The molecule has 0 aliphatic heterocycles. The van der Waals surface area contributed by atoms with Crippen LogP contribution in [0, 0.1) is 0 Å². The van der Waals surface area contributed by atoms with E-state index in [4.69, 9.17) is 12.2 Å². The number of nitrogens with zero attached hydrogens (tertiary/aromatic N) is 1. The topological polar surface area (TPSA) is 27.3 Å². The molecule has 0 atom stereocenters. The lowest BCUT2D eigenvalue weighted by Crippen LogP contribution is -2.35. The van der Waals surface area contributed by atoms with Gasteiger partial charge in [0.25, 0.3) is 0 Å². The smallest absolute Gasteiger partial charge is 0.170 e. The number of rotatable bonds is 5. The van der Waals surface area contributed by atoms with E-state index in [-0.39, 0.29) is 0 Å². The highest BCUT2D eigenvalue weighted by atomic mass is 32.1. The van der Waals surface area contributed by atoms with Gasteiger partial charge in [0, 0.05) is 30.5 Å². The molecule has 0 spiro atoms. The van der Waals surface area contributed by atoms with E-state index in [1.165, 1.54) is 31.4 Å². The number of hydrogen-bond acceptors (Lipinski definition) is 2. The molecule has 2 N–H and O–H groups in total. The average molecular weight is 291 g/mol. The Labute approximate surface area is 127 Å². The molecule has 1 fully saturated rings. The molecule has 4 heteroatoms. The minimum Gasteiger partial charge on any atom is -0.372 e. The van der Waals surface area contributed by atoms with Crippen molar-refractivity contribution in [2.45, 2.75) is 45.6 Å². The van der Waals surface area contributed by atoms with Gasteiger partial charge >= 0.3 is 0 Å². The Bertz CT molecular complexity index is 420. The summed E-state index contributed by atoms with van der Waals surface area (Å²) in [6.07, 6.45) is 5.11. The third kappa shape index (κ3) is 4.10. The third-order valence-electron chi connectivity index (χ3n) is 3.94. The van der Waals surface area contributed by atoms with Gasteiger partial charge in [-0.05, 0) is 63.2 Å². The van der Waals surface area contributed by atoms with Gasteiger partial charge in [0.15, 0.2) is 5.11 Å². The van der Waals surface area contributed by atoms with Crippen LogP contribution in [0.5, 0.6) is 0 Å². The molecule has 0 unspecified atom stereocenters. The zero-order valence-corrected chi connectivity index (χ0v) is 13.3. The van der Waals surface area contributed by atoms with Crippen LogP contribution >= 0.6 is 12.2 Å². The van der Waals surface area contributed by atoms with Gasteiger partial charge in [-0.1, -0.05) is 12.8 Å². The Morgan fingerprint density at radius 3 is 2.30 bits per heavy atom. The van der Waals surface area contributed by atoms with E-state index < -0.39 is 0 Å². The largest absolute Gasteiger partial charge is 0.372 e. The van der Waals surface area contributed by atoms with Crippen molar-refractivity contribution in [3.8, 4) is 0 Å². The molecule has 0 heterocycles. The molecule has 0 bridgehead atoms. The maximum atomic E-state index is 5.37. The Morgan fingerprint density at radius 2 is 1.75 bits per heavy atom. The summed E-state index contributed by atoms with van der Waals surface area (Å²) in [6.45, 7) is 6.42. The second-order valence-electron chi connectivity index (χ2n) is 5.30. The van der Waals surface area contributed by atoms with Crippen LogP contribution in [0.25, 0.3) is 0 Å². The monoisotopic (exact) mass is 291 g/mol. The van der Waals surface area contributed by atoms with Crippen molar-refractivity contribution in [1.29, 1.82) is 0 Å². The zero-order valence-electron chi connectivity index (χ0n) is 12.5. The van der Waals surface area contributed by atoms with E-state index in [0.29, 0.717) is 6.04 Å². The molecule has 1 aliphatic rings. The zero-order chi connectivity index (χ0) is 14.4. The molecule has 0 saturated heterocycles. The fraction of sp³-hybridized carbons (Fsp3) is 0.562. The van der Waals surface area contributed by atoms with Crippen molar-refractivity contribution in [2.75, 3.05) is 23.3 Å². The summed E-state index contributed by atoms with van der Waals surface area (Å²) in [5, 5.41) is 7.41. The number of hydrogen-bond donors (Lipinski definition) is 2. The van der Waals surface area contributed by atoms with Gasteiger partial charge < -0.3 is 15.5 Å². The molecule has 3 nitrogen and oxygen atoms in total. The standard InChI is InChI=1S/C16H25N3S/c1-3-19(4-2)15-11-9-14(10-12-15)18-16(20)17-13-7-5-6-8-13/h9-13H,3-8H2,1-2H3,(H2,17,18,20). The van der Waals surface area contributed by atoms with E-state index in [2.05, 4.69) is 53.6 Å². The summed E-state index contributed by atoms with van der Waals surface area (Å²) in [7, 11) is 0. The number of nitrogens with one attached hydrogen (secondary N) is 2. The summed E-state index contributed by atoms with van der Waals surface area (Å²) < 4.78 is 0. The van der Waals surface area contributed by atoms with Crippen molar-refractivity contribution in [2.24, 2.45) is 0 Å². The molecule has 1 aliphatic carbocycles. The van der Waals surface area contributed by atoms with Gasteiger partial charge in [-0.3, -0.25) is 0 Å². The molecule has 1 saturated carbocycles. The van der Waals surface area contributed by atoms with E-state index in [1.807, 2.05) is 0 Å². The highest BCUT2D eigenvalue weighted by Crippen LogP contribution is 2.19. The lowest BCUT2D eigenvalue weighted by atomic mass is 10.2. The maximum Gasteiger partial charge on any atom is 0.170 e. The maximum absolute atomic E-state index is 5.37. The van der Waals surface area contributed by atoms with Gasteiger partial charge in [-0.2, -0.15) is 0 Å². The van der Waals surface area contributed by atoms with Gasteiger partial charge in [-0.15, -0.1) is 0 Å². The molecule has 1 aromatic rings. The van der Waals surface area contributed by atoms with Gasteiger partial charge in [0.2, 0.25) is 0 Å². The van der Waals surface area contributed by atoms with Crippen LogP contribution in [-0.4, -0.2) is 24.2 Å². The van der Waals surface area contributed by atoms with Gasteiger partial charge in [0.05, 0.1) is 0 Å². The first kappa shape index (κ1) is 15.1. The summed E-state index contributed by atoms with van der Waals surface area (Å²) in [5.41, 5.74) is 2.31. The summed E-state index contributed by atoms with van der Waals surface area (Å²) in [5.74, 6) is 0. The Balaban J connectivity index is 1.87. The number of thiocarbonyl (C=S) groups is 1. The van der Waals surface area contributed by atoms with Crippen LogP contribution in [0.3, 0.4) is 0 Å². The first-order chi connectivity index (χ1) is 9.72. The lowest BCUT2D eigenvalue weighted by molar-refractivity contribution is 0.634. The van der Waals surface area contributed by atoms with Crippen LogP contribution in [-0.2, 0) is 0 Å². The van der Waals surface area contributed by atoms with Crippen LogP contribution < -0.4 is 15.5 Å². The first-order valence-corrected chi connectivity index (χ1v) is 8.06. The predicted octanol–water partition coefficient (Wildman–Crippen LogP) is 3.76. The molecule has 0 radical (unpaired) electrons. The first-order valence-electron chi connectivity index (χ1n) is 7.65. The minimum absolute atomic E-state index is 0.560. The fourth-order valence-corrected chi connectivity index (χ4v) is 3.05. The molecule has 0 amide bonds.